The lowest BCUT2D eigenvalue weighted by atomic mass is 9.96. The molecule has 0 saturated heterocycles. The van der Waals surface area contributed by atoms with Crippen LogP contribution in [0.2, 0.25) is 0 Å². The van der Waals surface area contributed by atoms with E-state index in [-0.39, 0.29) is 15.9 Å². The molecule has 1 aliphatic rings. The van der Waals surface area contributed by atoms with E-state index in [1.165, 1.54) is 16.9 Å². The standard InChI is InChI=1S/C11H16N2O4S2/c1-13(8-5-3-2-4-6-8)19(16,17)11-9(10(14)15)12-7-18-11/h7-8H,2-6H2,1H3,(H,14,15). The zero-order chi connectivity index (χ0) is 14.0. The van der Waals surface area contributed by atoms with Crippen LogP contribution in [0.25, 0.3) is 0 Å². The highest BCUT2D eigenvalue weighted by Crippen LogP contribution is 2.29. The topological polar surface area (TPSA) is 87.6 Å². The molecule has 2 rings (SSSR count). The molecule has 106 valence electrons. The number of hydrogen-bond acceptors (Lipinski definition) is 5. The van der Waals surface area contributed by atoms with E-state index in [9.17, 15) is 13.2 Å². The number of sulfonamides is 1. The van der Waals surface area contributed by atoms with Gasteiger partial charge >= 0.3 is 5.97 Å². The highest BCUT2D eigenvalue weighted by molar-refractivity contribution is 7.91. The van der Waals surface area contributed by atoms with Crippen molar-refractivity contribution in [2.45, 2.75) is 42.4 Å². The maximum absolute atomic E-state index is 12.5. The van der Waals surface area contributed by atoms with E-state index in [4.69, 9.17) is 5.11 Å². The van der Waals surface area contributed by atoms with Crippen LogP contribution in [0.4, 0.5) is 0 Å². The summed E-state index contributed by atoms with van der Waals surface area (Å²) >= 11 is 0.856. The van der Waals surface area contributed by atoms with Gasteiger partial charge in [-0.1, -0.05) is 19.3 Å². The van der Waals surface area contributed by atoms with E-state index in [0.717, 1.165) is 43.4 Å². The van der Waals surface area contributed by atoms with Gasteiger partial charge in [-0.3, -0.25) is 0 Å². The fourth-order valence-corrected chi connectivity index (χ4v) is 5.06. The number of carboxylic acids is 1. The Labute approximate surface area is 116 Å². The highest BCUT2D eigenvalue weighted by Gasteiger charge is 2.33. The summed E-state index contributed by atoms with van der Waals surface area (Å²) in [6.07, 6.45) is 4.82. The second kappa shape index (κ2) is 5.56. The summed E-state index contributed by atoms with van der Waals surface area (Å²) in [5, 5.41) is 8.97. The summed E-state index contributed by atoms with van der Waals surface area (Å²) in [7, 11) is -2.24. The molecule has 6 nitrogen and oxygen atoms in total. The van der Waals surface area contributed by atoms with E-state index < -0.39 is 16.0 Å². The first-order chi connectivity index (χ1) is 8.94. The van der Waals surface area contributed by atoms with Crippen LogP contribution in [-0.4, -0.2) is 41.9 Å². The lowest BCUT2D eigenvalue weighted by Crippen LogP contribution is -2.38. The average molecular weight is 304 g/mol. The first-order valence-electron chi connectivity index (χ1n) is 6.09. The molecule has 0 aliphatic heterocycles. The maximum atomic E-state index is 12.5. The molecule has 0 spiro atoms. The quantitative estimate of drug-likeness (QED) is 0.916. The molecule has 0 amide bonds. The smallest absolute Gasteiger partial charge is 0.356 e. The number of aromatic nitrogens is 1. The Morgan fingerprint density at radius 1 is 1.42 bits per heavy atom. The van der Waals surface area contributed by atoms with Crippen molar-refractivity contribution in [3.8, 4) is 0 Å². The summed E-state index contributed by atoms with van der Waals surface area (Å²) in [5.41, 5.74) is 0.873. The number of aromatic carboxylic acids is 1. The summed E-state index contributed by atoms with van der Waals surface area (Å²) in [6, 6.07) is -0.0394. The molecule has 1 fully saturated rings. The van der Waals surface area contributed by atoms with Crippen LogP contribution in [-0.2, 0) is 10.0 Å². The summed E-state index contributed by atoms with van der Waals surface area (Å²) in [5.74, 6) is -1.31. The Balaban J connectivity index is 2.30. The molecule has 1 N–H and O–H groups in total. The van der Waals surface area contributed by atoms with E-state index in [1.54, 1.807) is 0 Å². The van der Waals surface area contributed by atoms with Gasteiger partial charge in [-0.25, -0.2) is 18.2 Å². The molecule has 1 aromatic heterocycles. The second-order valence-corrected chi connectivity index (χ2v) is 7.65. The number of thiazole rings is 1. The predicted molar refractivity (Wildman–Crippen MR) is 70.9 cm³/mol. The number of nitrogens with zero attached hydrogens (tertiary/aromatic N) is 2. The van der Waals surface area contributed by atoms with Gasteiger partial charge in [0.05, 0.1) is 5.51 Å². The van der Waals surface area contributed by atoms with Gasteiger partial charge < -0.3 is 5.11 Å². The van der Waals surface area contributed by atoms with Crippen molar-refractivity contribution in [3.63, 3.8) is 0 Å². The number of rotatable bonds is 4. The van der Waals surface area contributed by atoms with E-state index >= 15 is 0 Å². The Bertz CT molecular complexity index is 561. The molecule has 0 unspecified atom stereocenters. The van der Waals surface area contributed by atoms with Crippen LogP contribution in [0.5, 0.6) is 0 Å². The van der Waals surface area contributed by atoms with Crippen LogP contribution in [0, 0.1) is 0 Å². The average Bonchev–Trinajstić information content (AvgIpc) is 2.89. The Morgan fingerprint density at radius 3 is 2.63 bits per heavy atom. The van der Waals surface area contributed by atoms with Crippen LogP contribution in [0.15, 0.2) is 9.72 Å². The molecule has 19 heavy (non-hydrogen) atoms. The van der Waals surface area contributed by atoms with Crippen molar-refractivity contribution in [2.24, 2.45) is 0 Å². The predicted octanol–water partition coefficient (Wildman–Crippen LogP) is 1.79. The minimum absolute atomic E-state index is 0.0394. The van der Waals surface area contributed by atoms with Crippen LogP contribution in [0.1, 0.15) is 42.6 Å². The molecule has 0 bridgehead atoms. The third-order valence-corrected chi connectivity index (χ3v) is 6.70. The van der Waals surface area contributed by atoms with E-state index in [2.05, 4.69) is 4.98 Å². The number of carboxylic acid groups (broad SMARTS) is 1. The Kier molecular flexibility index (Phi) is 4.22. The van der Waals surface area contributed by atoms with Crippen molar-refractivity contribution in [3.05, 3.63) is 11.2 Å². The van der Waals surface area contributed by atoms with Crippen LogP contribution in [0.3, 0.4) is 0 Å². The lowest BCUT2D eigenvalue weighted by Gasteiger charge is -2.29. The Hall–Kier alpha value is -0.990. The van der Waals surface area contributed by atoms with Crippen LogP contribution >= 0.6 is 11.3 Å². The summed E-state index contributed by atoms with van der Waals surface area (Å²) < 4.78 is 26.0. The first kappa shape index (κ1) is 14.4. The number of hydrogen-bond donors (Lipinski definition) is 1. The largest absolute Gasteiger partial charge is 0.476 e. The summed E-state index contributed by atoms with van der Waals surface area (Å²) in [4.78, 5) is 14.6. The van der Waals surface area contributed by atoms with E-state index in [1.807, 2.05) is 0 Å². The fraction of sp³-hybridized carbons (Fsp3) is 0.636. The van der Waals surface area contributed by atoms with Gasteiger partial charge in [-0.2, -0.15) is 4.31 Å². The van der Waals surface area contributed by atoms with Crippen molar-refractivity contribution < 1.29 is 18.3 Å². The first-order valence-corrected chi connectivity index (χ1v) is 8.41. The monoisotopic (exact) mass is 304 g/mol. The molecular weight excluding hydrogens is 288 g/mol. The lowest BCUT2D eigenvalue weighted by molar-refractivity contribution is 0.0687. The normalized spacial score (nSPS) is 17.8. The molecule has 0 aromatic carbocycles. The van der Waals surface area contributed by atoms with Gasteiger partial charge in [0.1, 0.15) is 0 Å². The SMILES string of the molecule is CN(C1CCCCC1)S(=O)(=O)c1scnc1C(=O)O. The number of carbonyl (C=O) groups is 1. The van der Waals surface area contributed by atoms with Gasteiger partial charge in [-0.15, -0.1) is 11.3 Å². The molecule has 1 aromatic rings. The minimum atomic E-state index is -3.76. The molecular formula is C11H16N2O4S2. The van der Waals surface area contributed by atoms with Gasteiger partial charge in [0.2, 0.25) is 0 Å². The zero-order valence-corrected chi connectivity index (χ0v) is 12.2. The maximum Gasteiger partial charge on any atom is 0.356 e. The zero-order valence-electron chi connectivity index (χ0n) is 10.6. The molecule has 1 aliphatic carbocycles. The van der Waals surface area contributed by atoms with E-state index in [0.29, 0.717) is 0 Å². The van der Waals surface area contributed by atoms with Gasteiger partial charge in [0, 0.05) is 13.1 Å². The Morgan fingerprint density at radius 2 is 2.05 bits per heavy atom. The highest BCUT2D eigenvalue weighted by atomic mass is 32.2. The van der Waals surface area contributed by atoms with Gasteiger partial charge in [0.15, 0.2) is 9.90 Å². The van der Waals surface area contributed by atoms with Crippen molar-refractivity contribution >= 4 is 27.3 Å². The molecule has 0 atom stereocenters. The second-order valence-electron chi connectivity index (χ2n) is 4.61. The van der Waals surface area contributed by atoms with Crippen molar-refractivity contribution in [1.82, 2.24) is 9.29 Å². The molecule has 1 saturated carbocycles. The fourth-order valence-electron chi connectivity index (χ4n) is 2.33. The van der Waals surface area contributed by atoms with Crippen LogP contribution < -0.4 is 0 Å². The van der Waals surface area contributed by atoms with Crippen molar-refractivity contribution in [1.29, 1.82) is 0 Å². The third kappa shape index (κ3) is 2.80. The van der Waals surface area contributed by atoms with Crippen molar-refractivity contribution in [2.75, 3.05) is 7.05 Å². The molecule has 8 heteroatoms. The third-order valence-electron chi connectivity index (χ3n) is 3.44. The minimum Gasteiger partial charge on any atom is -0.476 e. The summed E-state index contributed by atoms with van der Waals surface area (Å²) in [6.45, 7) is 0. The van der Waals surface area contributed by atoms with Gasteiger partial charge in [0.25, 0.3) is 10.0 Å². The van der Waals surface area contributed by atoms with Gasteiger partial charge in [-0.05, 0) is 12.8 Å². The molecule has 0 radical (unpaired) electrons. The molecule has 1 heterocycles.